The largest absolute Gasteiger partial charge is 0.396 e. The molecule has 2 unspecified atom stereocenters. The average molecular weight is 266 g/mol. The van der Waals surface area contributed by atoms with Crippen molar-refractivity contribution in [2.24, 2.45) is 0 Å². The number of unbranched alkanes of at least 4 members (excludes halogenated alkanes) is 3. The number of benzene rings is 1. The standard InChI is InChI=1S/C16H26O3/c1-2-3-4-5-6-13-7-9-14(10-8-13)16(19)15(18)11-12-17/h7-10,15-19H,2-6,11-12H2,1H3. The molecule has 0 aromatic heterocycles. The molecule has 0 heterocycles. The topological polar surface area (TPSA) is 60.7 Å². The number of aryl methyl sites for hydroxylation is 1. The van der Waals surface area contributed by atoms with E-state index < -0.39 is 12.2 Å². The van der Waals surface area contributed by atoms with E-state index in [-0.39, 0.29) is 13.0 Å². The summed E-state index contributed by atoms with van der Waals surface area (Å²) < 4.78 is 0. The van der Waals surface area contributed by atoms with Gasteiger partial charge in [-0.05, 0) is 30.4 Å². The molecule has 0 bridgehead atoms. The van der Waals surface area contributed by atoms with Crippen LogP contribution in [0.2, 0.25) is 0 Å². The molecule has 0 saturated carbocycles. The van der Waals surface area contributed by atoms with E-state index in [2.05, 4.69) is 6.92 Å². The van der Waals surface area contributed by atoms with Crippen LogP contribution in [0, 0.1) is 0 Å². The summed E-state index contributed by atoms with van der Waals surface area (Å²) in [5, 5.41) is 28.3. The molecule has 0 aliphatic rings. The van der Waals surface area contributed by atoms with Gasteiger partial charge in [0.2, 0.25) is 0 Å². The third kappa shape index (κ3) is 5.72. The minimum atomic E-state index is -0.915. The lowest BCUT2D eigenvalue weighted by Crippen LogP contribution is -2.19. The smallest absolute Gasteiger partial charge is 0.105 e. The van der Waals surface area contributed by atoms with Gasteiger partial charge in [-0.3, -0.25) is 0 Å². The number of rotatable bonds is 9. The third-order valence-electron chi connectivity index (χ3n) is 3.43. The van der Waals surface area contributed by atoms with Crippen molar-refractivity contribution in [1.29, 1.82) is 0 Å². The lowest BCUT2D eigenvalue weighted by molar-refractivity contribution is 0.00421. The summed E-state index contributed by atoms with van der Waals surface area (Å²) in [6, 6.07) is 7.74. The summed E-state index contributed by atoms with van der Waals surface area (Å²) in [5.74, 6) is 0. The van der Waals surface area contributed by atoms with E-state index >= 15 is 0 Å². The molecule has 1 aromatic carbocycles. The van der Waals surface area contributed by atoms with Crippen LogP contribution in [-0.2, 0) is 6.42 Å². The molecule has 2 atom stereocenters. The predicted octanol–water partition coefficient (Wildman–Crippen LogP) is 2.59. The first-order valence-electron chi connectivity index (χ1n) is 7.24. The molecule has 0 saturated heterocycles. The summed E-state index contributed by atoms with van der Waals surface area (Å²) in [4.78, 5) is 0. The van der Waals surface area contributed by atoms with Crippen LogP contribution < -0.4 is 0 Å². The number of hydrogen-bond acceptors (Lipinski definition) is 3. The minimum absolute atomic E-state index is 0.117. The zero-order valence-electron chi connectivity index (χ0n) is 11.8. The predicted molar refractivity (Wildman–Crippen MR) is 77.0 cm³/mol. The maximum absolute atomic E-state index is 9.90. The Balaban J connectivity index is 2.46. The van der Waals surface area contributed by atoms with Crippen molar-refractivity contribution in [2.45, 2.75) is 57.7 Å². The highest BCUT2D eigenvalue weighted by Crippen LogP contribution is 2.20. The van der Waals surface area contributed by atoms with Crippen LogP contribution in [0.1, 0.15) is 56.3 Å². The van der Waals surface area contributed by atoms with Gasteiger partial charge in [0.15, 0.2) is 0 Å². The quantitative estimate of drug-likeness (QED) is 0.602. The van der Waals surface area contributed by atoms with Crippen LogP contribution in [0.4, 0.5) is 0 Å². The summed E-state index contributed by atoms with van der Waals surface area (Å²) in [7, 11) is 0. The van der Waals surface area contributed by atoms with Gasteiger partial charge in [0, 0.05) is 6.61 Å². The first-order valence-corrected chi connectivity index (χ1v) is 7.24. The first-order chi connectivity index (χ1) is 9.19. The number of hydrogen-bond donors (Lipinski definition) is 3. The van der Waals surface area contributed by atoms with Gasteiger partial charge in [-0.25, -0.2) is 0 Å². The molecule has 0 aliphatic carbocycles. The van der Waals surface area contributed by atoms with E-state index in [9.17, 15) is 10.2 Å². The van der Waals surface area contributed by atoms with Crippen molar-refractivity contribution in [3.05, 3.63) is 35.4 Å². The Morgan fingerprint density at radius 2 is 1.68 bits per heavy atom. The Bertz CT molecular complexity index is 334. The second kappa shape index (κ2) is 9.08. The van der Waals surface area contributed by atoms with Crippen molar-refractivity contribution in [2.75, 3.05) is 6.61 Å². The van der Waals surface area contributed by atoms with Crippen LogP contribution in [0.15, 0.2) is 24.3 Å². The Morgan fingerprint density at radius 3 is 2.26 bits per heavy atom. The molecular weight excluding hydrogens is 240 g/mol. The third-order valence-corrected chi connectivity index (χ3v) is 3.43. The lowest BCUT2D eigenvalue weighted by Gasteiger charge is -2.17. The molecule has 0 amide bonds. The van der Waals surface area contributed by atoms with E-state index in [0.29, 0.717) is 5.56 Å². The van der Waals surface area contributed by atoms with Crippen molar-refractivity contribution in [3.8, 4) is 0 Å². The summed E-state index contributed by atoms with van der Waals surface area (Å²) in [6.45, 7) is 2.08. The lowest BCUT2D eigenvalue weighted by atomic mass is 9.99. The second-order valence-corrected chi connectivity index (χ2v) is 5.08. The maximum atomic E-state index is 9.90. The Hall–Kier alpha value is -0.900. The van der Waals surface area contributed by atoms with Gasteiger partial charge >= 0.3 is 0 Å². The zero-order valence-corrected chi connectivity index (χ0v) is 11.8. The Labute approximate surface area is 115 Å². The summed E-state index contributed by atoms with van der Waals surface area (Å²) in [5.41, 5.74) is 1.97. The molecule has 0 aliphatic heterocycles. The minimum Gasteiger partial charge on any atom is -0.396 e. The van der Waals surface area contributed by atoms with E-state index in [1.165, 1.54) is 31.2 Å². The summed E-state index contributed by atoms with van der Waals surface area (Å²) in [6.07, 6.45) is 4.42. The molecule has 0 radical (unpaired) electrons. The molecular formula is C16H26O3. The molecule has 19 heavy (non-hydrogen) atoms. The first kappa shape index (κ1) is 16.2. The van der Waals surface area contributed by atoms with Gasteiger partial charge in [-0.1, -0.05) is 50.5 Å². The van der Waals surface area contributed by atoms with Crippen molar-refractivity contribution in [3.63, 3.8) is 0 Å². The molecule has 0 fully saturated rings. The summed E-state index contributed by atoms with van der Waals surface area (Å²) >= 11 is 0. The highest BCUT2D eigenvalue weighted by Gasteiger charge is 2.17. The number of aliphatic hydroxyl groups is 3. The highest BCUT2D eigenvalue weighted by atomic mass is 16.3. The van der Waals surface area contributed by atoms with Gasteiger partial charge in [0.05, 0.1) is 6.10 Å². The maximum Gasteiger partial charge on any atom is 0.105 e. The van der Waals surface area contributed by atoms with Crippen LogP contribution >= 0.6 is 0 Å². The molecule has 0 spiro atoms. The molecule has 1 rings (SSSR count). The van der Waals surface area contributed by atoms with Gasteiger partial charge in [-0.2, -0.15) is 0 Å². The van der Waals surface area contributed by atoms with Gasteiger partial charge in [-0.15, -0.1) is 0 Å². The fourth-order valence-electron chi connectivity index (χ4n) is 2.15. The van der Waals surface area contributed by atoms with Crippen molar-refractivity contribution in [1.82, 2.24) is 0 Å². The fourth-order valence-corrected chi connectivity index (χ4v) is 2.15. The van der Waals surface area contributed by atoms with Crippen LogP contribution in [-0.4, -0.2) is 28.0 Å². The molecule has 3 N–H and O–H groups in total. The van der Waals surface area contributed by atoms with E-state index in [1.807, 2.05) is 24.3 Å². The molecule has 3 nitrogen and oxygen atoms in total. The van der Waals surface area contributed by atoms with Gasteiger partial charge in [0.1, 0.15) is 6.10 Å². The second-order valence-electron chi connectivity index (χ2n) is 5.08. The van der Waals surface area contributed by atoms with Gasteiger partial charge < -0.3 is 15.3 Å². The van der Waals surface area contributed by atoms with Crippen LogP contribution in [0.5, 0.6) is 0 Å². The SMILES string of the molecule is CCCCCCc1ccc(C(O)C(O)CCO)cc1. The fraction of sp³-hybridized carbons (Fsp3) is 0.625. The van der Waals surface area contributed by atoms with Crippen LogP contribution in [0.25, 0.3) is 0 Å². The van der Waals surface area contributed by atoms with E-state index in [1.54, 1.807) is 0 Å². The molecule has 1 aromatic rings. The monoisotopic (exact) mass is 266 g/mol. The van der Waals surface area contributed by atoms with E-state index in [0.717, 1.165) is 6.42 Å². The van der Waals surface area contributed by atoms with Crippen molar-refractivity contribution < 1.29 is 15.3 Å². The molecule has 3 heteroatoms. The van der Waals surface area contributed by atoms with Gasteiger partial charge in [0.25, 0.3) is 0 Å². The van der Waals surface area contributed by atoms with Crippen LogP contribution in [0.3, 0.4) is 0 Å². The Morgan fingerprint density at radius 1 is 1.00 bits per heavy atom. The number of aliphatic hydroxyl groups excluding tert-OH is 3. The highest BCUT2D eigenvalue weighted by molar-refractivity contribution is 5.24. The zero-order chi connectivity index (χ0) is 14.1. The average Bonchev–Trinajstić information content (AvgIpc) is 2.44. The molecule has 108 valence electrons. The van der Waals surface area contributed by atoms with E-state index in [4.69, 9.17) is 5.11 Å². The van der Waals surface area contributed by atoms with Crippen molar-refractivity contribution >= 4 is 0 Å². The normalized spacial score (nSPS) is 14.3. The Kier molecular flexibility index (Phi) is 7.72.